The summed E-state index contributed by atoms with van der Waals surface area (Å²) in [6.07, 6.45) is 7.35. The molecule has 0 saturated heterocycles. The number of rotatable bonds is 1. The van der Waals surface area contributed by atoms with Crippen LogP contribution in [0.15, 0.2) is 25.0 Å². The van der Waals surface area contributed by atoms with E-state index in [0.717, 1.165) is 0 Å². The van der Waals surface area contributed by atoms with Crippen molar-refractivity contribution >= 4 is 28.1 Å². The Morgan fingerprint density at radius 1 is 1.75 bits per heavy atom. The van der Waals surface area contributed by atoms with Crippen LogP contribution in [0, 0.1) is 0 Å². The van der Waals surface area contributed by atoms with Crippen LogP contribution in [0.5, 0.6) is 0 Å². The molecule has 0 bridgehead atoms. The molecule has 1 rings (SSSR count). The van der Waals surface area contributed by atoms with Gasteiger partial charge in [0.1, 0.15) is 0 Å². The van der Waals surface area contributed by atoms with Crippen molar-refractivity contribution in [3.05, 3.63) is 21.9 Å². The van der Waals surface area contributed by atoms with Crippen LogP contribution in [0.3, 0.4) is 0 Å². The molecule has 0 saturated carbocycles. The summed E-state index contributed by atoms with van der Waals surface area (Å²) in [5.74, 6) is 0. The molecule has 3 heteroatoms. The Balaban J connectivity index is 2.51. The van der Waals surface area contributed by atoms with Gasteiger partial charge in [0.15, 0.2) is 0 Å². The van der Waals surface area contributed by atoms with Crippen LogP contribution in [0.25, 0.3) is 0 Å². The minimum atomic E-state index is -0.376. The molecule has 0 aliphatic carbocycles. The van der Waals surface area contributed by atoms with Crippen molar-refractivity contribution in [3.8, 4) is 0 Å². The zero-order chi connectivity index (χ0) is 5.82. The predicted octanol–water partition coefficient (Wildman–Crippen LogP) is 0.0463. The number of hydrogen-bond acceptors (Lipinski definition) is 2. The zero-order valence-corrected chi connectivity index (χ0v) is 6.83. The molecule has 1 aliphatic heterocycles. The van der Waals surface area contributed by atoms with Gasteiger partial charge in [-0.3, -0.25) is 0 Å². The molecule has 0 unspecified atom stereocenters. The maximum atomic E-state index is 5.16. The molecule has 0 aromatic carbocycles. The molecular weight excluding hydrogens is 210 g/mol. The number of nitrogens with two attached hydrogens (primary N) is 1. The molecule has 1 aliphatic rings. The molecule has 0 fully saturated rings. The summed E-state index contributed by atoms with van der Waals surface area (Å²) in [4.78, 5) is 0. The summed E-state index contributed by atoms with van der Waals surface area (Å²) in [6.45, 7) is 0. The number of hydrogen-bond donors (Lipinski definition) is 1. The van der Waals surface area contributed by atoms with E-state index < -0.39 is 0 Å². The monoisotopic (exact) mass is 215 g/mol. The van der Waals surface area contributed by atoms with Crippen LogP contribution in [-0.4, -0.2) is 28.1 Å². The SMILES string of the molecule is N/C=C/[C]1=CC=[N][Sb]1. The van der Waals surface area contributed by atoms with Crippen molar-refractivity contribution in [3.63, 3.8) is 0 Å². The van der Waals surface area contributed by atoms with Gasteiger partial charge in [-0.2, -0.15) is 0 Å². The van der Waals surface area contributed by atoms with Gasteiger partial charge in [0.05, 0.1) is 0 Å². The van der Waals surface area contributed by atoms with E-state index >= 15 is 0 Å². The van der Waals surface area contributed by atoms with E-state index in [9.17, 15) is 0 Å². The fraction of sp³-hybridized carbons (Fsp3) is 0. The van der Waals surface area contributed by atoms with Gasteiger partial charge in [0.25, 0.3) is 0 Å². The second kappa shape index (κ2) is 2.93. The molecule has 0 aromatic rings. The standard InChI is InChI=1S/C5H6N2.Sb/c6-4-2-1-3-5-7;/h2-5H,6H2;/q-1;+1/b3-1?,4-2+;. The van der Waals surface area contributed by atoms with Crippen molar-refractivity contribution in [1.82, 2.24) is 0 Å². The second-order valence-electron chi connectivity index (χ2n) is 1.32. The topological polar surface area (TPSA) is 38.4 Å². The molecule has 1 radical (unpaired) electrons. The Kier molecular flexibility index (Phi) is 2.16. The molecule has 0 aromatic heterocycles. The molecule has 1 heterocycles. The van der Waals surface area contributed by atoms with Crippen molar-refractivity contribution < 1.29 is 0 Å². The third-order valence-electron chi connectivity index (χ3n) is 0.752. The van der Waals surface area contributed by atoms with Gasteiger partial charge in [-0.15, -0.1) is 0 Å². The summed E-state index contributed by atoms with van der Waals surface area (Å²) in [5.41, 5.74) is 5.16. The van der Waals surface area contributed by atoms with Crippen LogP contribution >= 0.6 is 0 Å². The van der Waals surface area contributed by atoms with E-state index in [4.69, 9.17) is 5.73 Å². The fourth-order valence-electron chi connectivity index (χ4n) is 0.431. The molecule has 41 valence electrons. The average Bonchev–Trinajstić information content (AvgIpc) is 2.19. The van der Waals surface area contributed by atoms with E-state index in [2.05, 4.69) is 3.15 Å². The van der Waals surface area contributed by atoms with Crippen LogP contribution in [-0.2, 0) is 0 Å². The molecule has 2 nitrogen and oxygen atoms in total. The normalized spacial score (nSPS) is 17.8. The first-order chi connectivity index (χ1) is 3.93. The van der Waals surface area contributed by atoms with Crippen molar-refractivity contribution in [2.45, 2.75) is 0 Å². The third-order valence-corrected chi connectivity index (χ3v) is 2.97. The third kappa shape index (κ3) is 1.37. The minimum absolute atomic E-state index is 0.376. The molecule has 0 atom stereocenters. The maximum absolute atomic E-state index is 5.16. The zero-order valence-electron chi connectivity index (χ0n) is 4.28. The van der Waals surface area contributed by atoms with E-state index in [1.54, 1.807) is 6.20 Å². The summed E-state index contributed by atoms with van der Waals surface area (Å²) in [7, 11) is 0. The Bertz CT molecular complexity index is 158. The molecule has 0 amide bonds. The van der Waals surface area contributed by atoms with Gasteiger partial charge in [0, 0.05) is 0 Å². The average molecular weight is 216 g/mol. The first-order valence-electron chi connectivity index (χ1n) is 2.26. The molecular formula is C5H6N2Sb. The molecule has 2 N–H and O–H groups in total. The van der Waals surface area contributed by atoms with Crippen LogP contribution in [0.4, 0.5) is 0 Å². The van der Waals surface area contributed by atoms with Gasteiger partial charge in [-0.1, -0.05) is 0 Å². The van der Waals surface area contributed by atoms with E-state index in [-0.39, 0.29) is 21.9 Å². The van der Waals surface area contributed by atoms with Gasteiger partial charge in [0.2, 0.25) is 0 Å². The quantitative estimate of drug-likeness (QED) is 0.617. The number of allylic oxidation sites excluding steroid dienone is 3. The summed E-state index contributed by atoms with van der Waals surface area (Å²) in [5, 5.41) is 0. The number of nitrogens with zero attached hydrogens (tertiary/aromatic N) is 1. The Hall–Kier alpha value is -0.232. The summed E-state index contributed by atoms with van der Waals surface area (Å²) >= 11 is -0.376. The van der Waals surface area contributed by atoms with E-state index in [0.29, 0.717) is 0 Å². The van der Waals surface area contributed by atoms with Crippen LogP contribution in [0.2, 0.25) is 0 Å². The van der Waals surface area contributed by atoms with E-state index in [1.165, 1.54) is 3.52 Å². The van der Waals surface area contributed by atoms with Gasteiger partial charge < -0.3 is 0 Å². The fourth-order valence-corrected chi connectivity index (χ4v) is 2.01. The van der Waals surface area contributed by atoms with Crippen molar-refractivity contribution in [2.24, 2.45) is 8.89 Å². The van der Waals surface area contributed by atoms with Crippen molar-refractivity contribution in [2.75, 3.05) is 0 Å². The van der Waals surface area contributed by atoms with Crippen molar-refractivity contribution in [1.29, 1.82) is 0 Å². The molecule has 8 heavy (non-hydrogen) atoms. The van der Waals surface area contributed by atoms with Gasteiger partial charge >= 0.3 is 58.9 Å². The Morgan fingerprint density at radius 3 is 3.12 bits per heavy atom. The van der Waals surface area contributed by atoms with Gasteiger partial charge in [-0.05, 0) is 0 Å². The van der Waals surface area contributed by atoms with Gasteiger partial charge in [-0.25, -0.2) is 0 Å². The Morgan fingerprint density at radius 2 is 2.62 bits per heavy atom. The molecule has 0 spiro atoms. The summed E-state index contributed by atoms with van der Waals surface area (Å²) in [6, 6.07) is 0. The van der Waals surface area contributed by atoms with Crippen LogP contribution in [0.1, 0.15) is 0 Å². The van der Waals surface area contributed by atoms with E-state index in [1.807, 2.05) is 18.4 Å². The first-order valence-corrected chi connectivity index (χ1v) is 4.68. The van der Waals surface area contributed by atoms with Crippen LogP contribution < -0.4 is 5.73 Å². The second-order valence-corrected chi connectivity index (χ2v) is 4.02. The first kappa shape index (κ1) is 5.90. The predicted molar refractivity (Wildman–Crippen MR) is 35.7 cm³/mol. The Labute approximate surface area is 59.1 Å². The summed E-state index contributed by atoms with van der Waals surface area (Å²) < 4.78 is 5.43.